The molecule has 7 nitrogen and oxygen atoms in total. The van der Waals surface area contributed by atoms with Gasteiger partial charge < -0.3 is 19.9 Å². The first-order valence-corrected chi connectivity index (χ1v) is 8.59. The molecule has 3 aromatic rings. The maximum absolute atomic E-state index is 12.1. The second-order valence-electron chi connectivity index (χ2n) is 7.04. The highest BCUT2D eigenvalue weighted by molar-refractivity contribution is 5.92. The number of anilines is 2. The van der Waals surface area contributed by atoms with Crippen molar-refractivity contribution in [3.05, 3.63) is 60.6 Å². The summed E-state index contributed by atoms with van der Waals surface area (Å²) in [7, 11) is 0. The van der Waals surface area contributed by atoms with Crippen LogP contribution < -0.4 is 15.4 Å². The first-order valence-electron chi connectivity index (χ1n) is 8.59. The Morgan fingerprint density at radius 1 is 1.11 bits per heavy atom. The number of amides is 1. The number of hydrogen-bond acceptors (Lipinski definition) is 6. The minimum Gasteiger partial charge on any atom is -0.457 e. The highest BCUT2D eigenvalue weighted by Crippen LogP contribution is 2.25. The minimum absolute atomic E-state index is 0.0937. The van der Waals surface area contributed by atoms with Crippen molar-refractivity contribution in [2.24, 2.45) is 0 Å². The fraction of sp³-hybridized carbons (Fsp3) is 0.250. The quantitative estimate of drug-likeness (QED) is 0.679. The Hall–Kier alpha value is -3.35. The Morgan fingerprint density at radius 2 is 1.89 bits per heavy atom. The van der Waals surface area contributed by atoms with Crippen LogP contribution in [0.4, 0.5) is 11.5 Å². The Labute approximate surface area is 157 Å². The van der Waals surface area contributed by atoms with Gasteiger partial charge in [0.2, 0.25) is 5.91 Å². The van der Waals surface area contributed by atoms with Gasteiger partial charge in [-0.1, -0.05) is 32.0 Å². The summed E-state index contributed by atoms with van der Waals surface area (Å²) in [6.07, 6.45) is 3.33. The van der Waals surface area contributed by atoms with Gasteiger partial charge in [-0.2, -0.15) is 0 Å². The third-order valence-electron chi connectivity index (χ3n) is 3.69. The van der Waals surface area contributed by atoms with Gasteiger partial charge in [-0.3, -0.25) is 9.78 Å². The normalized spacial score (nSPS) is 11.1. The predicted molar refractivity (Wildman–Crippen MR) is 103 cm³/mol. The summed E-state index contributed by atoms with van der Waals surface area (Å²) in [5.41, 5.74) is 0.607. The van der Waals surface area contributed by atoms with Gasteiger partial charge in [0.25, 0.3) is 0 Å². The molecule has 0 saturated carbocycles. The summed E-state index contributed by atoms with van der Waals surface area (Å²) < 4.78 is 11.0. The molecule has 0 bridgehead atoms. The molecular weight excluding hydrogens is 344 g/mol. The van der Waals surface area contributed by atoms with Crippen LogP contribution in [0.2, 0.25) is 0 Å². The lowest BCUT2D eigenvalue weighted by molar-refractivity contribution is -0.114. The van der Waals surface area contributed by atoms with Crippen LogP contribution in [0.15, 0.2) is 59.4 Å². The van der Waals surface area contributed by atoms with E-state index in [0.29, 0.717) is 23.1 Å². The van der Waals surface area contributed by atoms with Gasteiger partial charge in [-0.15, -0.1) is 0 Å². The molecule has 7 heteroatoms. The van der Waals surface area contributed by atoms with Gasteiger partial charge in [-0.05, 0) is 24.3 Å². The summed E-state index contributed by atoms with van der Waals surface area (Å²) >= 11 is 0. The number of hydrogen-bond donors (Lipinski definition) is 2. The number of benzene rings is 1. The van der Waals surface area contributed by atoms with Crippen molar-refractivity contribution in [3.63, 3.8) is 0 Å². The Bertz CT molecular complexity index is 901. The van der Waals surface area contributed by atoms with Crippen LogP contribution in [0.1, 0.15) is 26.5 Å². The summed E-state index contributed by atoms with van der Waals surface area (Å²) in [5.74, 6) is 2.26. The number of pyridine rings is 1. The van der Waals surface area contributed by atoms with E-state index in [4.69, 9.17) is 9.26 Å². The largest absolute Gasteiger partial charge is 0.457 e. The smallest absolute Gasteiger partial charge is 0.244 e. The van der Waals surface area contributed by atoms with Crippen molar-refractivity contribution in [1.82, 2.24) is 10.1 Å². The molecule has 140 valence electrons. The number of rotatable bonds is 6. The van der Waals surface area contributed by atoms with E-state index in [9.17, 15) is 4.79 Å². The van der Waals surface area contributed by atoms with Crippen molar-refractivity contribution in [3.8, 4) is 11.5 Å². The van der Waals surface area contributed by atoms with Gasteiger partial charge in [0, 0.05) is 35.6 Å². The average Bonchev–Trinajstić information content (AvgIpc) is 3.10. The number of aromatic nitrogens is 2. The molecule has 27 heavy (non-hydrogen) atoms. The van der Waals surface area contributed by atoms with Gasteiger partial charge in [-0.25, -0.2) is 0 Å². The third-order valence-corrected chi connectivity index (χ3v) is 3.69. The van der Waals surface area contributed by atoms with Crippen molar-refractivity contribution in [2.75, 3.05) is 17.2 Å². The fourth-order valence-corrected chi connectivity index (χ4v) is 2.27. The zero-order valence-corrected chi connectivity index (χ0v) is 15.5. The molecule has 0 unspecified atom stereocenters. The van der Waals surface area contributed by atoms with E-state index < -0.39 is 0 Å². The summed E-state index contributed by atoms with van der Waals surface area (Å²) in [6.45, 7) is 6.14. The molecule has 2 aromatic heterocycles. The van der Waals surface area contributed by atoms with Crippen LogP contribution in [0.3, 0.4) is 0 Å². The number of carbonyl (C=O) groups is 1. The van der Waals surface area contributed by atoms with E-state index in [-0.39, 0.29) is 17.9 Å². The summed E-state index contributed by atoms with van der Waals surface area (Å²) in [5, 5.41) is 9.66. The van der Waals surface area contributed by atoms with E-state index in [0.717, 1.165) is 5.69 Å². The first-order chi connectivity index (χ1) is 12.9. The molecule has 0 aliphatic carbocycles. The molecule has 0 aliphatic rings. The lowest BCUT2D eigenvalue weighted by atomic mass is 9.93. The monoisotopic (exact) mass is 366 g/mol. The molecular formula is C20H22N4O3. The maximum Gasteiger partial charge on any atom is 0.244 e. The number of ether oxygens (including phenoxy) is 1. The summed E-state index contributed by atoms with van der Waals surface area (Å²) in [4.78, 5) is 16.1. The minimum atomic E-state index is -0.218. The van der Waals surface area contributed by atoms with E-state index in [2.05, 4.69) is 20.8 Å². The molecule has 0 saturated heterocycles. The van der Waals surface area contributed by atoms with Crippen LogP contribution >= 0.6 is 0 Å². The standard InChI is InChI=1S/C20H22N4O3/c1-20(2,3)17-12-18(24-27-17)23-19(25)13-22-14-5-4-6-16(11-14)26-15-7-9-21-10-8-15/h4-12,22H,13H2,1-3H3,(H,23,24,25). The highest BCUT2D eigenvalue weighted by atomic mass is 16.5. The van der Waals surface area contributed by atoms with Gasteiger partial charge in [0.1, 0.15) is 17.3 Å². The first kappa shape index (κ1) is 18.4. The maximum atomic E-state index is 12.1. The van der Waals surface area contributed by atoms with E-state index in [1.54, 1.807) is 30.6 Å². The SMILES string of the molecule is CC(C)(C)c1cc(NC(=O)CNc2cccc(Oc3ccncc3)c2)no1. The molecule has 0 fully saturated rings. The Morgan fingerprint density at radius 3 is 2.59 bits per heavy atom. The second-order valence-corrected chi connectivity index (χ2v) is 7.04. The topological polar surface area (TPSA) is 89.3 Å². The van der Waals surface area contributed by atoms with E-state index >= 15 is 0 Å². The second kappa shape index (κ2) is 7.90. The number of nitrogens with one attached hydrogen (secondary N) is 2. The number of nitrogens with zero attached hydrogens (tertiary/aromatic N) is 2. The van der Waals surface area contributed by atoms with Gasteiger partial charge in [0.05, 0.1) is 6.54 Å². The van der Waals surface area contributed by atoms with Gasteiger partial charge in [0.15, 0.2) is 5.82 Å². The number of carbonyl (C=O) groups excluding carboxylic acids is 1. The zero-order chi connectivity index (χ0) is 19.3. The van der Waals surface area contributed by atoms with E-state index in [1.807, 2.05) is 45.0 Å². The van der Waals surface area contributed by atoms with Crippen molar-refractivity contribution < 1.29 is 14.1 Å². The molecule has 1 amide bonds. The lowest BCUT2D eigenvalue weighted by Crippen LogP contribution is -2.21. The Balaban J connectivity index is 1.54. The van der Waals surface area contributed by atoms with Crippen LogP contribution in [0, 0.1) is 0 Å². The molecule has 0 radical (unpaired) electrons. The van der Waals surface area contributed by atoms with Crippen LogP contribution in [0.5, 0.6) is 11.5 Å². The Kier molecular flexibility index (Phi) is 5.40. The molecule has 0 aliphatic heterocycles. The van der Waals surface area contributed by atoms with Crippen molar-refractivity contribution >= 4 is 17.4 Å². The molecule has 0 atom stereocenters. The third kappa shape index (κ3) is 5.31. The molecule has 3 rings (SSSR count). The van der Waals surface area contributed by atoms with Crippen LogP contribution in [0.25, 0.3) is 0 Å². The zero-order valence-electron chi connectivity index (χ0n) is 15.5. The fourth-order valence-electron chi connectivity index (χ4n) is 2.27. The molecule has 1 aromatic carbocycles. The highest BCUT2D eigenvalue weighted by Gasteiger charge is 2.20. The van der Waals surface area contributed by atoms with E-state index in [1.165, 1.54) is 0 Å². The summed E-state index contributed by atoms with van der Waals surface area (Å²) in [6, 6.07) is 12.7. The van der Waals surface area contributed by atoms with Crippen molar-refractivity contribution in [2.45, 2.75) is 26.2 Å². The lowest BCUT2D eigenvalue weighted by Gasteiger charge is -2.12. The van der Waals surface area contributed by atoms with Crippen LogP contribution in [-0.2, 0) is 10.2 Å². The molecule has 2 heterocycles. The van der Waals surface area contributed by atoms with Crippen molar-refractivity contribution in [1.29, 1.82) is 0 Å². The average molecular weight is 366 g/mol. The van der Waals surface area contributed by atoms with Crippen LogP contribution in [-0.4, -0.2) is 22.6 Å². The molecule has 2 N–H and O–H groups in total. The predicted octanol–water partition coefficient (Wildman–Crippen LogP) is 4.21. The van der Waals surface area contributed by atoms with Gasteiger partial charge >= 0.3 is 0 Å². The molecule has 0 spiro atoms.